The van der Waals surface area contributed by atoms with Crippen molar-refractivity contribution in [1.29, 1.82) is 0 Å². The first kappa shape index (κ1) is 17.2. The Bertz CT molecular complexity index is 584. The first-order chi connectivity index (χ1) is 11.6. The average Bonchev–Trinajstić information content (AvgIpc) is 3.08. The quantitative estimate of drug-likeness (QED) is 0.907. The van der Waals surface area contributed by atoms with Gasteiger partial charge in [-0.05, 0) is 56.4 Å². The van der Waals surface area contributed by atoms with Crippen LogP contribution in [0, 0.1) is 0 Å². The van der Waals surface area contributed by atoms with E-state index in [9.17, 15) is 9.59 Å². The third-order valence-corrected chi connectivity index (χ3v) is 4.92. The van der Waals surface area contributed by atoms with E-state index in [0.29, 0.717) is 30.1 Å². The first-order valence-electron chi connectivity index (χ1n) is 8.61. The highest BCUT2D eigenvalue weighted by Gasteiger charge is 2.35. The van der Waals surface area contributed by atoms with E-state index in [1.54, 1.807) is 29.2 Å². The second-order valence-corrected chi connectivity index (χ2v) is 6.87. The SMILES string of the molecule is O=C(Nc1ccc(Cl)cc1)C1CCCN1C(=O)CC1CCCCO1. The van der Waals surface area contributed by atoms with Crippen LogP contribution in [0.4, 0.5) is 5.69 Å². The molecule has 3 rings (SSSR count). The van der Waals surface area contributed by atoms with Gasteiger partial charge in [0.25, 0.3) is 0 Å². The van der Waals surface area contributed by atoms with E-state index >= 15 is 0 Å². The second kappa shape index (κ2) is 7.99. The summed E-state index contributed by atoms with van der Waals surface area (Å²) in [6, 6.07) is 6.59. The molecule has 0 bridgehead atoms. The van der Waals surface area contributed by atoms with Crippen molar-refractivity contribution in [3.63, 3.8) is 0 Å². The van der Waals surface area contributed by atoms with Gasteiger partial charge >= 0.3 is 0 Å². The number of benzene rings is 1. The Hall–Kier alpha value is -1.59. The van der Waals surface area contributed by atoms with Gasteiger partial charge in [-0.15, -0.1) is 0 Å². The van der Waals surface area contributed by atoms with Crippen LogP contribution in [0.25, 0.3) is 0 Å². The van der Waals surface area contributed by atoms with Crippen LogP contribution in [0.1, 0.15) is 38.5 Å². The predicted molar refractivity (Wildman–Crippen MR) is 93.0 cm³/mol. The summed E-state index contributed by atoms with van der Waals surface area (Å²) in [4.78, 5) is 26.8. The molecule has 2 atom stereocenters. The number of rotatable bonds is 4. The van der Waals surface area contributed by atoms with Crippen molar-refractivity contribution in [3.8, 4) is 0 Å². The zero-order valence-corrected chi connectivity index (χ0v) is 14.4. The Morgan fingerprint density at radius 2 is 1.96 bits per heavy atom. The number of carbonyl (C=O) groups excluding carboxylic acids is 2. The lowest BCUT2D eigenvalue weighted by molar-refractivity contribution is -0.139. The number of ether oxygens (including phenoxy) is 1. The van der Waals surface area contributed by atoms with Gasteiger partial charge in [-0.3, -0.25) is 9.59 Å². The lowest BCUT2D eigenvalue weighted by Crippen LogP contribution is -2.44. The molecule has 2 fully saturated rings. The summed E-state index contributed by atoms with van der Waals surface area (Å²) in [7, 11) is 0. The van der Waals surface area contributed by atoms with E-state index in [1.807, 2.05) is 0 Å². The summed E-state index contributed by atoms with van der Waals surface area (Å²) in [6.07, 6.45) is 5.06. The van der Waals surface area contributed by atoms with Crippen molar-refractivity contribution in [2.75, 3.05) is 18.5 Å². The fourth-order valence-electron chi connectivity index (χ4n) is 3.38. The number of anilines is 1. The molecule has 0 saturated carbocycles. The highest BCUT2D eigenvalue weighted by molar-refractivity contribution is 6.30. The molecule has 1 N–H and O–H groups in total. The van der Waals surface area contributed by atoms with E-state index < -0.39 is 6.04 Å². The molecule has 1 aromatic carbocycles. The number of carbonyl (C=O) groups is 2. The average molecular weight is 351 g/mol. The van der Waals surface area contributed by atoms with Crippen LogP contribution in [0.5, 0.6) is 0 Å². The van der Waals surface area contributed by atoms with Gasteiger partial charge in [-0.1, -0.05) is 11.6 Å². The molecule has 1 aromatic rings. The Labute approximate surface area is 147 Å². The van der Waals surface area contributed by atoms with Gasteiger partial charge in [0.15, 0.2) is 0 Å². The highest BCUT2D eigenvalue weighted by Crippen LogP contribution is 2.23. The number of amides is 2. The number of likely N-dealkylation sites (tertiary alicyclic amines) is 1. The maximum Gasteiger partial charge on any atom is 0.247 e. The van der Waals surface area contributed by atoms with Gasteiger partial charge in [0, 0.05) is 23.9 Å². The molecule has 5 nitrogen and oxygen atoms in total. The van der Waals surface area contributed by atoms with Crippen molar-refractivity contribution in [3.05, 3.63) is 29.3 Å². The normalized spacial score (nSPS) is 24.0. The van der Waals surface area contributed by atoms with Crippen LogP contribution >= 0.6 is 11.6 Å². The fraction of sp³-hybridized carbons (Fsp3) is 0.556. The van der Waals surface area contributed by atoms with Crippen LogP contribution in [0.3, 0.4) is 0 Å². The minimum atomic E-state index is -0.392. The molecule has 0 spiro atoms. The lowest BCUT2D eigenvalue weighted by Gasteiger charge is -2.28. The summed E-state index contributed by atoms with van der Waals surface area (Å²) in [5.74, 6) is -0.108. The standard InChI is InChI=1S/C18H23ClN2O3/c19-13-6-8-14(9-7-13)20-18(23)16-5-3-10-21(16)17(22)12-15-4-1-2-11-24-15/h6-9,15-16H,1-5,10-12H2,(H,20,23). The van der Waals surface area contributed by atoms with Crippen LogP contribution in [-0.4, -0.2) is 42.0 Å². The van der Waals surface area contributed by atoms with E-state index in [0.717, 1.165) is 32.3 Å². The molecular weight excluding hydrogens is 328 g/mol. The molecule has 6 heteroatoms. The Balaban J connectivity index is 1.58. The monoisotopic (exact) mass is 350 g/mol. The van der Waals surface area contributed by atoms with Crippen LogP contribution in [-0.2, 0) is 14.3 Å². The summed E-state index contributed by atoms with van der Waals surface area (Å²) in [6.45, 7) is 1.38. The Morgan fingerprint density at radius 1 is 1.17 bits per heavy atom. The van der Waals surface area contributed by atoms with Crippen molar-refractivity contribution < 1.29 is 14.3 Å². The van der Waals surface area contributed by atoms with E-state index in [4.69, 9.17) is 16.3 Å². The van der Waals surface area contributed by atoms with Crippen LogP contribution in [0.2, 0.25) is 5.02 Å². The number of hydrogen-bond acceptors (Lipinski definition) is 3. The molecule has 2 aliphatic heterocycles. The van der Waals surface area contributed by atoms with Gasteiger partial charge < -0.3 is 15.0 Å². The summed E-state index contributed by atoms with van der Waals surface area (Å²) < 4.78 is 5.65. The maximum atomic E-state index is 12.6. The molecule has 2 unspecified atom stereocenters. The van der Waals surface area contributed by atoms with Crippen molar-refractivity contribution in [1.82, 2.24) is 4.90 Å². The molecule has 0 aromatic heterocycles. The highest BCUT2D eigenvalue weighted by atomic mass is 35.5. The molecule has 0 radical (unpaired) electrons. The largest absolute Gasteiger partial charge is 0.378 e. The lowest BCUT2D eigenvalue weighted by atomic mass is 10.1. The van der Waals surface area contributed by atoms with E-state index in [2.05, 4.69) is 5.32 Å². The second-order valence-electron chi connectivity index (χ2n) is 6.43. The molecule has 2 heterocycles. The number of hydrogen-bond donors (Lipinski definition) is 1. The van der Waals surface area contributed by atoms with E-state index in [-0.39, 0.29) is 17.9 Å². The Morgan fingerprint density at radius 3 is 2.67 bits per heavy atom. The molecule has 0 aliphatic carbocycles. The van der Waals surface area contributed by atoms with Gasteiger partial charge in [-0.2, -0.15) is 0 Å². The van der Waals surface area contributed by atoms with Crippen molar-refractivity contribution in [2.24, 2.45) is 0 Å². The number of nitrogens with one attached hydrogen (secondary N) is 1. The first-order valence-corrected chi connectivity index (χ1v) is 8.99. The number of nitrogens with zero attached hydrogens (tertiary/aromatic N) is 1. The molecule has 2 amide bonds. The third-order valence-electron chi connectivity index (χ3n) is 4.66. The smallest absolute Gasteiger partial charge is 0.247 e. The van der Waals surface area contributed by atoms with Crippen LogP contribution in [0.15, 0.2) is 24.3 Å². The molecule has 2 aliphatic rings. The maximum absolute atomic E-state index is 12.6. The minimum absolute atomic E-state index is 0.00632. The molecule has 130 valence electrons. The summed E-state index contributed by atoms with van der Waals surface area (Å²) in [5, 5.41) is 3.50. The van der Waals surface area contributed by atoms with Gasteiger partial charge in [0.1, 0.15) is 6.04 Å². The molecule has 24 heavy (non-hydrogen) atoms. The van der Waals surface area contributed by atoms with Gasteiger partial charge in [-0.25, -0.2) is 0 Å². The number of halogens is 1. The zero-order valence-electron chi connectivity index (χ0n) is 13.7. The van der Waals surface area contributed by atoms with Gasteiger partial charge in [0.2, 0.25) is 11.8 Å². The minimum Gasteiger partial charge on any atom is -0.378 e. The Kier molecular flexibility index (Phi) is 5.74. The van der Waals surface area contributed by atoms with Crippen molar-refractivity contribution >= 4 is 29.1 Å². The topological polar surface area (TPSA) is 58.6 Å². The summed E-state index contributed by atoms with van der Waals surface area (Å²) in [5.41, 5.74) is 0.694. The van der Waals surface area contributed by atoms with Gasteiger partial charge in [0.05, 0.1) is 12.5 Å². The van der Waals surface area contributed by atoms with Crippen LogP contribution < -0.4 is 5.32 Å². The van der Waals surface area contributed by atoms with E-state index in [1.165, 1.54) is 0 Å². The summed E-state index contributed by atoms with van der Waals surface area (Å²) >= 11 is 5.86. The predicted octanol–water partition coefficient (Wildman–Crippen LogP) is 3.23. The fourth-order valence-corrected chi connectivity index (χ4v) is 3.50. The van der Waals surface area contributed by atoms with Crippen molar-refractivity contribution in [2.45, 2.75) is 50.7 Å². The molecule has 2 saturated heterocycles. The zero-order chi connectivity index (χ0) is 16.9. The molecular formula is C18H23ClN2O3. The third kappa shape index (κ3) is 4.28.